The maximum absolute atomic E-state index is 13.2. The summed E-state index contributed by atoms with van der Waals surface area (Å²) in [5.74, 6) is -0.535. The number of primary amides is 1. The molecule has 26 heavy (non-hydrogen) atoms. The Hall–Kier alpha value is -2.47. The summed E-state index contributed by atoms with van der Waals surface area (Å²) >= 11 is 0. The average molecular weight is 353 g/mol. The maximum Gasteiger partial charge on any atom is 0.254 e. The summed E-state index contributed by atoms with van der Waals surface area (Å²) in [6.45, 7) is 4.26. The fourth-order valence-electron chi connectivity index (χ4n) is 3.80. The van der Waals surface area contributed by atoms with Gasteiger partial charge in [-0.15, -0.1) is 0 Å². The highest BCUT2D eigenvalue weighted by Gasteiger charge is 2.43. The molecule has 2 heterocycles. The van der Waals surface area contributed by atoms with Crippen molar-refractivity contribution >= 4 is 22.7 Å². The molecular formula is C20H23N3O3. The Kier molecular flexibility index (Phi) is 3.77. The Morgan fingerprint density at radius 1 is 1.27 bits per heavy atom. The van der Waals surface area contributed by atoms with E-state index in [1.165, 1.54) is 4.90 Å². The Balaban J connectivity index is 1.80. The summed E-state index contributed by atoms with van der Waals surface area (Å²) in [6.07, 6.45) is 2.37. The minimum Gasteiger partial charge on any atom is -0.378 e. The summed E-state index contributed by atoms with van der Waals surface area (Å²) in [5.41, 5.74) is 8.19. The first-order chi connectivity index (χ1) is 12.3. The minimum atomic E-state index is -1.64. The van der Waals surface area contributed by atoms with Crippen LogP contribution < -0.4 is 5.73 Å². The molecule has 1 aliphatic heterocycles. The van der Waals surface area contributed by atoms with Crippen molar-refractivity contribution in [2.75, 3.05) is 13.1 Å². The van der Waals surface area contributed by atoms with Crippen molar-refractivity contribution in [2.24, 2.45) is 5.73 Å². The van der Waals surface area contributed by atoms with Crippen LogP contribution in [0.1, 0.15) is 52.4 Å². The van der Waals surface area contributed by atoms with E-state index in [9.17, 15) is 14.7 Å². The standard InChI is InChI=1S/C20H23N3O3/c1-11-7-12(2)17-14(8-11)15(9-16(22-17)13-3-4-13)18(24)23-6-5-20(26,10-23)19(21)25/h7-9,13,26H,3-6,10H2,1-2H3,(H2,21,25). The number of rotatable bonds is 3. The number of likely N-dealkylation sites (tertiary alicyclic amines) is 1. The molecule has 2 aromatic rings. The van der Waals surface area contributed by atoms with Gasteiger partial charge in [-0.2, -0.15) is 0 Å². The van der Waals surface area contributed by atoms with Gasteiger partial charge in [0.1, 0.15) is 0 Å². The van der Waals surface area contributed by atoms with Gasteiger partial charge in [-0.1, -0.05) is 11.6 Å². The zero-order valence-corrected chi connectivity index (χ0v) is 15.1. The molecule has 2 aliphatic rings. The van der Waals surface area contributed by atoms with Crippen LogP contribution in [0.5, 0.6) is 0 Å². The van der Waals surface area contributed by atoms with Crippen molar-refractivity contribution in [1.82, 2.24) is 9.88 Å². The molecule has 2 fully saturated rings. The molecule has 136 valence electrons. The number of aliphatic hydroxyl groups is 1. The molecule has 1 aliphatic carbocycles. The normalized spacial score (nSPS) is 22.8. The first-order valence-corrected chi connectivity index (χ1v) is 9.02. The molecule has 0 spiro atoms. The second kappa shape index (κ2) is 5.77. The van der Waals surface area contributed by atoms with Gasteiger partial charge in [0.05, 0.1) is 17.6 Å². The Bertz CT molecular complexity index is 936. The molecule has 4 rings (SSSR count). The van der Waals surface area contributed by atoms with Crippen molar-refractivity contribution in [1.29, 1.82) is 0 Å². The summed E-state index contributed by atoms with van der Waals surface area (Å²) in [4.78, 5) is 31.1. The van der Waals surface area contributed by atoms with Crippen LogP contribution in [-0.2, 0) is 4.79 Å². The van der Waals surface area contributed by atoms with Gasteiger partial charge in [0.2, 0.25) is 0 Å². The summed E-state index contributed by atoms with van der Waals surface area (Å²) in [6, 6.07) is 5.94. The molecule has 2 amide bonds. The largest absolute Gasteiger partial charge is 0.378 e. The number of benzene rings is 1. The Morgan fingerprint density at radius 2 is 2.00 bits per heavy atom. The quantitative estimate of drug-likeness (QED) is 0.879. The van der Waals surface area contributed by atoms with E-state index in [-0.39, 0.29) is 18.9 Å². The van der Waals surface area contributed by atoms with Crippen LogP contribution in [0.3, 0.4) is 0 Å². The number of carbonyl (C=O) groups excluding carboxylic acids is 2. The van der Waals surface area contributed by atoms with E-state index in [1.807, 2.05) is 26.0 Å². The van der Waals surface area contributed by atoms with E-state index in [0.717, 1.165) is 40.6 Å². The van der Waals surface area contributed by atoms with Gasteiger partial charge in [0, 0.05) is 30.0 Å². The van der Waals surface area contributed by atoms with E-state index in [4.69, 9.17) is 10.7 Å². The Labute approximate surface area is 152 Å². The van der Waals surface area contributed by atoms with Crippen LogP contribution in [0.2, 0.25) is 0 Å². The molecule has 1 unspecified atom stereocenters. The molecule has 1 saturated heterocycles. The number of fused-ring (bicyclic) bond motifs is 1. The monoisotopic (exact) mass is 353 g/mol. The van der Waals surface area contributed by atoms with Gasteiger partial charge < -0.3 is 15.7 Å². The lowest BCUT2D eigenvalue weighted by Gasteiger charge is -2.21. The molecule has 6 nitrogen and oxygen atoms in total. The zero-order valence-electron chi connectivity index (χ0n) is 15.1. The highest BCUT2D eigenvalue weighted by Crippen LogP contribution is 2.41. The van der Waals surface area contributed by atoms with Gasteiger partial charge in [-0.25, -0.2) is 0 Å². The molecule has 0 radical (unpaired) electrons. The lowest BCUT2D eigenvalue weighted by Crippen LogP contribution is -2.46. The number of pyridine rings is 1. The molecule has 0 bridgehead atoms. The summed E-state index contributed by atoms with van der Waals surface area (Å²) in [7, 11) is 0. The smallest absolute Gasteiger partial charge is 0.254 e. The van der Waals surface area contributed by atoms with Gasteiger partial charge in [-0.3, -0.25) is 14.6 Å². The van der Waals surface area contributed by atoms with Gasteiger partial charge in [0.15, 0.2) is 5.60 Å². The first kappa shape index (κ1) is 17.0. The second-order valence-corrected chi connectivity index (χ2v) is 7.72. The molecule has 6 heteroatoms. The van der Waals surface area contributed by atoms with E-state index in [1.54, 1.807) is 0 Å². The molecule has 1 aromatic heterocycles. The van der Waals surface area contributed by atoms with Crippen molar-refractivity contribution in [3.8, 4) is 0 Å². The number of hydrogen-bond donors (Lipinski definition) is 2. The predicted molar refractivity (Wildman–Crippen MR) is 97.9 cm³/mol. The predicted octanol–water partition coefficient (Wildman–Crippen LogP) is 1.79. The third-order valence-electron chi connectivity index (χ3n) is 5.49. The number of amides is 2. The van der Waals surface area contributed by atoms with E-state index >= 15 is 0 Å². The van der Waals surface area contributed by atoms with Crippen LogP contribution in [0, 0.1) is 13.8 Å². The maximum atomic E-state index is 13.2. The fraction of sp³-hybridized carbons (Fsp3) is 0.450. The Morgan fingerprint density at radius 3 is 2.62 bits per heavy atom. The van der Waals surface area contributed by atoms with Crippen molar-refractivity contribution in [3.63, 3.8) is 0 Å². The lowest BCUT2D eigenvalue weighted by molar-refractivity contribution is -0.134. The van der Waals surface area contributed by atoms with Crippen molar-refractivity contribution < 1.29 is 14.7 Å². The average Bonchev–Trinajstić information content (AvgIpc) is 3.35. The van der Waals surface area contributed by atoms with Crippen molar-refractivity contribution in [2.45, 2.75) is 44.6 Å². The van der Waals surface area contributed by atoms with E-state index < -0.39 is 11.5 Å². The summed E-state index contributed by atoms with van der Waals surface area (Å²) in [5, 5.41) is 11.1. The number of aryl methyl sites for hydroxylation is 2. The number of β-amino-alcohol motifs (C(OH)–C–C–N with tert-alkyl or cyclic N) is 1. The van der Waals surface area contributed by atoms with E-state index in [2.05, 4.69) is 6.07 Å². The van der Waals surface area contributed by atoms with Gasteiger partial charge in [-0.05, 0) is 44.4 Å². The molecule has 1 aromatic carbocycles. The molecule has 1 saturated carbocycles. The third-order valence-corrected chi connectivity index (χ3v) is 5.49. The number of nitrogens with two attached hydrogens (primary N) is 1. The number of hydrogen-bond acceptors (Lipinski definition) is 4. The second-order valence-electron chi connectivity index (χ2n) is 7.72. The SMILES string of the molecule is Cc1cc(C)c2nc(C3CC3)cc(C(=O)N3CCC(O)(C(N)=O)C3)c2c1. The molecule has 3 N–H and O–H groups in total. The van der Waals surface area contributed by atoms with Gasteiger partial charge >= 0.3 is 0 Å². The first-order valence-electron chi connectivity index (χ1n) is 9.02. The lowest BCUT2D eigenvalue weighted by atomic mass is 9.99. The highest BCUT2D eigenvalue weighted by molar-refractivity contribution is 6.07. The molecule has 1 atom stereocenters. The van der Waals surface area contributed by atoms with E-state index in [0.29, 0.717) is 18.0 Å². The fourth-order valence-corrected chi connectivity index (χ4v) is 3.80. The van der Waals surface area contributed by atoms with Crippen LogP contribution in [0.25, 0.3) is 10.9 Å². The minimum absolute atomic E-state index is 0.0610. The van der Waals surface area contributed by atoms with Gasteiger partial charge in [0.25, 0.3) is 11.8 Å². The highest BCUT2D eigenvalue weighted by atomic mass is 16.3. The third kappa shape index (κ3) is 2.74. The van der Waals surface area contributed by atoms with Crippen LogP contribution in [0.15, 0.2) is 18.2 Å². The topological polar surface area (TPSA) is 96.5 Å². The number of aromatic nitrogens is 1. The van der Waals surface area contributed by atoms with Crippen molar-refractivity contribution in [3.05, 3.63) is 40.6 Å². The molecular weight excluding hydrogens is 330 g/mol. The number of nitrogens with zero attached hydrogens (tertiary/aromatic N) is 2. The van der Waals surface area contributed by atoms with Crippen LogP contribution in [0.4, 0.5) is 0 Å². The number of carbonyl (C=O) groups is 2. The van der Waals surface area contributed by atoms with Crippen LogP contribution in [-0.4, -0.2) is 45.5 Å². The van der Waals surface area contributed by atoms with Crippen LogP contribution >= 0.6 is 0 Å². The zero-order chi connectivity index (χ0) is 18.6. The summed E-state index contributed by atoms with van der Waals surface area (Å²) < 4.78 is 0.